The molecule has 2 atom stereocenters. The Bertz CT molecular complexity index is 489. The van der Waals surface area contributed by atoms with Crippen LogP contribution in [0.5, 0.6) is 0 Å². The molecular weight excluding hydrogens is 270 g/mol. The van der Waals surface area contributed by atoms with Gasteiger partial charge < -0.3 is 10.8 Å². The summed E-state index contributed by atoms with van der Waals surface area (Å²) >= 11 is 0. The Morgan fingerprint density at radius 2 is 1.78 bits per heavy atom. The van der Waals surface area contributed by atoms with E-state index in [-0.39, 0.29) is 5.96 Å². The fraction of sp³-hybridized carbons (Fsp3) is 0. The zero-order valence-corrected chi connectivity index (χ0v) is 11.7. The van der Waals surface area contributed by atoms with Crippen molar-refractivity contribution in [3.05, 3.63) is 36.9 Å². The van der Waals surface area contributed by atoms with E-state index in [0.717, 1.165) is 0 Å². The summed E-state index contributed by atoms with van der Waals surface area (Å²) in [6.07, 6.45) is 6.68. The van der Waals surface area contributed by atoms with Crippen molar-refractivity contribution in [2.24, 2.45) is 10.5 Å². The molecule has 18 heavy (non-hydrogen) atoms. The Morgan fingerprint density at radius 3 is 2.06 bits per heavy atom. The molecule has 0 saturated heterocycles. The van der Waals surface area contributed by atoms with Gasteiger partial charge in [0.2, 0.25) is 11.9 Å². The molecule has 0 radical (unpaired) electrons. The largest absolute Gasteiger partial charge is 0.368 e. The third-order valence-corrected chi connectivity index (χ3v) is 2.23. The molecule has 0 aliphatic carbocycles. The maximum absolute atomic E-state index is 6.83. The van der Waals surface area contributed by atoms with Crippen LogP contribution in [0.15, 0.2) is 41.7 Å². The van der Waals surface area contributed by atoms with Crippen LogP contribution in [0.4, 0.5) is 0 Å². The number of nitrogens with zero attached hydrogens (tertiary/aromatic N) is 5. The van der Waals surface area contributed by atoms with Crippen molar-refractivity contribution in [1.82, 2.24) is 24.6 Å². The van der Waals surface area contributed by atoms with E-state index in [1.54, 1.807) is 35.5 Å². The number of nitrogens with one attached hydrogen (secondary N) is 2. The summed E-state index contributed by atoms with van der Waals surface area (Å²) in [5.74, 6) is 0.606. The minimum Gasteiger partial charge on any atom is -0.368 e. The number of hydrogen-bond donors (Lipinski definition) is 3. The van der Waals surface area contributed by atoms with Crippen LogP contribution in [0.3, 0.4) is 0 Å². The van der Waals surface area contributed by atoms with Gasteiger partial charge >= 0.3 is 0 Å². The molecule has 2 heterocycles. The van der Waals surface area contributed by atoms with E-state index in [1.807, 2.05) is 6.07 Å². The van der Waals surface area contributed by atoms with Crippen molar-refractivity contribution >= 4 is 30.7 Å². The lowest BCUT2D eigenvalue weighted by Crippen LogP contribution is -2.21. The Hall–Kier alpha value is -1.78. The van der Waals surface area contributed by atoms with Gasteiger partial charge in [0.15, 0.2) is 0 Å². The predicted molar refractivity (Wildman–Crippen MR) is 77.2 cm³/mol. The number of rotatable bonds is 0. The molecule has 0 fully saturated rings. The third kappa shape index (κ3) is 4.24. The number of aromatic nitrogens is 4. The Balaban J connectivity index is 0.000000184. The zero-order chi connectivity index (χ0) is 13.4. The van der Waals surface area contributed by atoms with Crippen LogP contribution in [-0.4, -0.2) is 31.5 Å². The second-order valence-corrected chi connectivity index (χ2v) is 3.43. The highest BCUT2D eigenvalue weighted by atomic mass is 31.0. The van der Waals surface area contributed by atoms with E-state index in [2.05, 4.69) is 38.8 Å². The van der Waals surface area contributed by atoms with Gasteiger partial charge in [-0.15, -0.1) is 0 Å². The summed E-state index contributed by atoms with van der Waals surface area (Å²) in [7, 11) is 4.61. The molecule has 0 aromatic carbocycles. The summed E-state index contributed by atoms with van der Waals surface area (Å²) in [4.78, 5) is 0. The summed E-state index contributed by atoms with van der Waals surface area (Å²) in [6, 6.07) is 3.54. The van der Waals surface area contributed by atoms with E-state index in [4.69, 9.17) is 11.1 Å². The average Bonchev–Trinajstić information content (AvgIpc) is 3.05. The minimum absolute atomic E-state index is 0.0602. The highest BCUT2D eigenvalue weighted by molar-refractivity contribution is 7.17. The number of nitrogens with two attached hydrogens (primary N) is 1. The van der Waals surface area contributed by atoms with Crippen LogP contribution in [0.25, 0.3) is 0 Å². The monoisotopic (exact) mass is 284 g/mol. The van der Waals surface area contributed by atoms with Gasteiger partial charge in [0, 0.05) is 24.8 Å². The van der Waals surface area contributed by atoms with Gasteiger partial charge in [-0.3, -0.25) is 5.41 Å². The molecule has 0 aliphatic rings. The van der Waals surface area contributed by atoms with Crippen molar-refractivity contribution in [3.63, 3.8) is 0 Å². The average molecular weight is 284 g/mol. The van der Waals surface area contributed by atoms with E-state index in [0.29, 0.717) is 5.96 Å². The first kappa shape index (κ1) is 14.3. The Labute approximate surface area is 109 Å². The van der Waals surface area contributed by atoms with Crippen molar-refractivity contribution in [2.75, 3.05) is 0 Å². The molecular formula is C8H14N8P2. The fourth-order valence-corrected chi connectivity index (χ4v) is 1.52. The summed E-state index contributed by atoms with van der Waals surface area (Å²) in [6.45, 7) is 0. The maximum Gasteiger partial charge on any atom is 0.225 e. The van der Waals surface area contributed by atoms with Gasteiger partial charge in [-0.25, -0.2) is 14.1 Å². The van der Waals surface area contributed by atoms with Crippen LogP contribution >= 0.6 is 18.8 Å². The lowest BCUT2D eigenvalue weighted by molar-refractivity contribution is 0.912. The molecule has 2 rings (SSSR count). The van der Waals surface area contributed by atoms with E-state index in [9.17, 15) is 0 Å². The van der Waals surface area contributed by atoms with E-state index >= 15 is 0 Å². The van der Waals surface area contributed by atoms with Crippen LogP contribution in [0.2, 0.25) is 0 Å². The van der Waals surface area contributed by atoms with Gasteiger partial charge in [-0.05, 0) is 30.9 Å². The molecule has 2 unspecified atom stereocenters. The Kier molecular flexibility index (Phi) is 5.97. The standard InChI is InChI=1S/C4H8N4P2.C4H6N4/c9-6-4(7-10)8-3-1-2-5-8;5-4(6)8-3-1-2-7-8/h1-3H,9-10H2,(H,6,7);1-3H,(H3,5,6). The summed E-state index contributed by atoms with van der Waals surface area (Å²) < 4.78 is 6.75. The van der Waals surface area contributed by atoms with Crippen LogP contribution in [0, 0.1) is 5.41 Å². The number of nitrogen functional groups attached to an aromatic ring is 1. The van der Waals surface area contributed by atoms with Crippen LogP contribution < -0.4 is 10.8 Å². The molecule has 0 bridgehead atoms. The first-order valence-electron chi connectivity index (χ1n) is 4.77. The van der Waals surface area contributed by atoms with Gasteiger partial charge in [0.05, 0.1) is 0 Å². The molecule has 2 aromatic heterocycles. The molecule has 0 spiro atoms. The fourth-order valence-electron chi connectivity index (χ4n) is 0.968. The van der Waals surface area contributed by atoms with E-state index < -0.39 is 0 Å². The van der Waals surface area contributed by atoms with Crippen molar-refractivity contribution in [1.29, 1.82) is 5.41 Å². The van der Waals surface area contributed by atoms with Crippen LogP contribution in [0.1, 0.15) is 0 Å². The summed E-state index contributed by atoms with van der Waals surface area (Å²) in [5, 5.41) is 17.3. The molecule has 4 N–H and O–H groups in total. The van der Waals surface area contributed by atoms with Crippen molar-refractivity contribution in [2.45, 2.75) is 0 Å². The lowest BCUT2D eigenvalue weighted by Gasteiger charge is -2.01. The third-order valence-electron chi connectivity index (χ3n) is 1.72. The highest BCUT2D eigenvalue weighted by Gasteiger charge is 1.94. The van der Waals surface area contributed by atoms with Gasteiger partial charge in [0.1, 0.15) is 0 Å². The maximum atomic E-state index is 6.83. The zero-order valence-electron chi connectivity index (χ0n) is 9.43. The van der Waals surface area contributed by atoms with Gasteiger partial charge in [-0.2, -0.15) is 10.2 Å². The number of hydrogen-bond acceptors (Lipinski definition) is 4. The van der Waals surface area contributed by atoms with Crippen molar-refractivity contribution in [3.8, 4) is 0 Å². The Morgan fingerprint density at radius 1 is 1.22 bits per heavy atom. The first-order chi connectivity index (χ1) is 8.69. The first-order valence-corrected chi connectivity index (χ1v) is 5.87. The van der Waals surface area contributed by atoms with Crippen molar-refractivity contribution < 1.29 is 0 Å². The normalized spacial score (nSPS) is 10.4. The lowest BCUT2D eigenvalue weighted by atomic mass is 10.7. The topological polar surface area (TPSA) is 110 Å². The molecule has 0 aliphatic heterocycles. The molecule has 2 aromatic rings. The highest BCUT2D eigenvalue weighted by Crippen LogP contribution is 1.90. The molecule has 96 valence electrons. The van der Waals surface area contributed by atoms with E-state index in [1.165, 1.54) is 4.68 Å². The minimum atomic E-state index is -0.0602. The van der Waals surface area contributed by atoms with Gasteiger partial charge in [-0.1, -0.05) is 0 Å². The molecule has 10 heteroatoms. The smallest absolute Gasteiger partial charge is 0.225 e. The van der Waals surface area contributed by atoms with Crippen LogP contribution in [-0.2, 0) is 0 Å². The SMILES string of the molecule is N=C(N)n1cccn1.PN=C(NP)n1cccn1. The van der Waals surface area contributed by atoms with Gasteiger partial charge in [0.25, 0.3) is 0 Å². The second kappa shape index (κ2) is 7.53. The molecule has 0 saturated carbocycles. The molecule has 0 amide bonds. The quantitative estimate of drug-likeness (QED) is 0.356. The second-order valence-electron chi connectivity index (χ2n) is 2.88. The molecule has 8 nitrogen and oxygen atoms in total. The predicted octanol–water partition coefficient (Wildman–Crippen LogP) is -0.118. The summed E-state index contributed by atoms with van der Waals surface area (Å²) in [5.41, 5.74) is 5.04.